The number of nitrogens with zero attached hydrogens (tertiary/aromatic N) is 3. The molecule has 0 spiro atoms. The summed E-state index contributed by atoms with van der Waals surface area (Å²) in [5.41, 5.74) is 0. The molecule has 2 aliphatic rings. The van der Waals surface area contributed by atoms with Gasteiger partial charge in [-0.25, -0.2) is 0 Å². The number of rotatable bonds is 4. The van der Waals surface area contributed by atoms with E-state index in [1.54, 1.807) is 0 Å². The van der Waals surface area contributed by atoms with Crippen molar-refractivity contribution in [3.05, 3.63) is 11.7 Å². The molecule has 5 nitrogen and oxygen atoms in total. The Morgan fingerprint density at radius 2 is 2.26 bits per heavy atom. The summed E-state index contributed by atoms with van der Waals surface area (Å²) in [5, 5.41) is 7.55. The van der Waals surface area contributed by atoms with Crippen molar-refractivity contribution in [1.29, 1.82) is 0 Å². The van der Waals surface area contributed by atoms with Crippen LogP contribution in [0.2, 0.25) is 0 Å². The second kappa shape index (κ2) is 5.59. The summed E-state index contributed by atoms with van der Waals surface area (Å²) in [6, 6.07) is 1.48. The zero-order valence-corrected chi connectivity index (χ0v) is 11.9. The van der Waals surface area contributed by atoms with Gasteiger partial charge in [0, 0.05) is 18.5 Å². The lowest BCUT2D eigenvalue weighted by Gasteiger charge is -2.27. The summed E-state index contributed by atoms with van der Waals surface area (Å²) in [6.45, 7) is 6.80. The van der Waals surface area contributed by atoms with Crippen molar-refractivity contribution in [2.24, 2.45) is 0 Å². The molecule has 0 aliphatic carbocycles. The summed E-state index contributed by atoms with van der Waals surface area (Å²) in [5.74, 6) is 1.66. The van der Waals surface area contributed by atoms with Gasteiger partial charge in [-0.05, 0) is 52.6 Å². The first-order valence-corrected chi connectivity index (χ1v) is 7.55. The van der Waals surface area contributed by atoms with E-state index < -0.39 is 0 Å². The standard InChI is InChI=1S/C14H24N4O/c1-10(2)18-8-4-5-11(18)9-13-16-14(17-19-13)12-6-3-7-15-12/h10-12,15H,3-9H2,1-2H3. The van der Waals surface area contributed by atoms with Crippen molar-refractivity contribution < 1.29 is 4.52 Å². The van der Waals surface area contributed by atoms with Gasteiger partial charge < -0.3 is 9.84 Å². The van der Waals surface area contributed by atoms with Crippen LogP contribution in [0.4, 0.5) is 0 Å². The summed E-state index contributed by atoms with van der Waals surface area (Å²) in [6.07, 6.45) is 5.77. The van der Waals surface area contributed by atoms with E-state index in [1.807, 2.05) is 0 Å². The molecule has 2 aliphatic heterocycles. The van der Waals surface area contributed by atoms with E-state index in [-0.39, 0.29) is 0 Å². The Balaban J connectivity index is 1.63. The van der Waals surface area contributed by atoms with Crippen molar-refractivity contribution in [1.82, 2.24) is 20.4 Å². The second-order valence-electron chi connectivity index (χ2n) is 6.03. The van der Waals surface area contributed by atoms with Crippen molar-refractivity contribution in [2.75, 3.05) is 13.1 Å². The highest BCUT2D eigenvalue weighted by Gasteiger charge is 2.29. The zero-order chi connectivity index (χ0) is 13.2. The van der Waals surface area contributed by atoms with Crippen LogP contribution in [-0.4, -0.2) is 40.2 Å². The fourth-order valence-electron chi connectivity index (χ4n) is 3.36. The number of nitrogens with one attached hydrogen (secondary N) is 1. The molecule has 1 aromatic heterocycles. The molecule has 3 rings (SSSR count). The normalized spacial score (nSPS) is 28.6. The molecule has 106 valence electrons. The van der Waals surface area contributed by atoms with Crippen LogP contribution in [0.25, 0.3) is 0 Å². The molecule has 2 saturated heterocycles. The van der Waals surface area contributed by atoms with Crippen LogP contribution >= 0.6 is 0 Å². The maximum absolute atomic E-state index is 5.44. The van der Waals surface area contributed by atoms with Crippen molar-refractivity contribution in [3.63, 3.8) is 0 Å². The van der Waals surface area contributed by atoms with E-state index in [0.29, 0.717) is 18.1 Å². The average molecular weight is 264 g/mol. The Morgan fingerprint density at radius 3 is 3.00 bits per heavy atom. The molecule has 5 heteroatoms. The lowest BCUT2D eigenvalue weighted by atomic mass is 10.1. The first kappa shape index (κ1) is 13.1. The molecule has 1 aromatic rings. The third-order valence-electron chi connectivity index (χ3n) is 4.35. The van der Waals surface area contributed by atoms with Crippen molar-refractivity contribution >= 4 is 0 Å². The van der Waals surface area contributed by atoms with Gasteiger partial charge >= 0.3 is 0 Å². The molecule has 2 atom stereocenters. The van der Waals surface area contributed by atoms with Crippen molar-refractivity contribution in [2.45, 2.75) is 64.1 Å². The largest absolute Gasteiger partial charge is 0.339 e. The predicted molar refractivity (Wildman–Crippen MR) is 72.8 cm³/mol. The highest BCUT2D eigenvalue weighted by Crippen LogP contribution is 2.24. The number of aromatic nitrogens is 2. The molecule has 0 saturated carbocycles. The van der Waals surface area contributed by atoms with Gasteiger partial charge in [0.05, 0.1) is 6.04 Å². The van der Waals surface area contributed by atoms with Gasteiger partial charge in [0.15, 0.2) is 5.82 Å². The van der Waals surface area contributed by atoms with Gasteiger partial charge in [-0.2, -0.15) is 4.98 Å². The van der Waals surface area contributed by atoms with E-state index in [1.165, 1.54) is 25.8 Å². The maximum atomic E-state index is 5.44. The van der Waals surface area contributed by atoms with Crippen LogP contribution in [0.3, 0.4) is 0 Å². The van der Waals surface area contributed by atoms with Crippen LogP contribution in [0.5, 0.6) is 0 Å². The minimum absolute atomic E-state index is 0.308. The van der Waals surface area contributed by atoms with Crippen LogP contribution in [0.1, 0.15) is 57.3 Å². The molecule has 19 heavy (non-hydrogen) atoms. The first-order valence-electron chi connectivity index (χ1n) is 7.55. The topological polar surface area (TPSA) is 54.2 Å². The Bertz CT molecular complexity index is 411. The van der Waals surface area contributed by atoms with E-state index >= 15 is 0 Å². The minimum atomic E-state index is 0.308. The Morgan fingerprint density at radius 1 is 1.37 bits per heavy atom. The smallest absolute Gasteiger partial charge is 0.228 e. The highest BCUT2D eigenvalue weighted by molar-refractivity contribution is 4.98. The zero-order valence-electron chi connectivity index (χ0n) is 11.9. The summed E-state index contributed by atoms with van der Waals surface area (Å²) >= 11 is 0. The SMILES string of the molecule is CC(C)N1CCCC1Cc1nc(C2CCCN2)no1. The number of hydrogen-bond donors (Lipinski definition) is 1. The van der Waals surface area contributed by atoms with Crippen LogP contribution < -0.4 is 5.32 Å². The summed E-state index contributed by atoms with van der Waals surface area (Å²) < 4.78 is 5.44. The molecule has 0 amide bonds. The Kier molecular flexibility index (Phi) is 3.84. The fourth-order valence-corrected chi connectivity index (χ4v) is 3.36. The third kappa shape index (κ3) is 2.82. The molecular weight excluding hydrogens is 240 g/mol. The summed E-state index contributed by atoms with van der Waals surface area (Å²) in [7, 11) is 0. The Labute approximate surface area is 114 Å². The van der Waals surface area contributed by atoms with Crippen molar-refractivity contribution in [3.8, 4) is 0 Å². The molecule has 3 heterocycles. The molecular formula is C14H24N4O. The fraction of sp³-hybridized carbons (Fsp3) is 0.857. The van der Waals surface area contributed by atoms with E-state index in [4.69, 9.17) is 4.52 Å². The number of hydrogen-bond acceptors (Lipinski definition) is 5. The first-order chi connectivity index (χ1) is 9.24. The lowest BCUT2D eigenvalue weighted by molar-refractivity contribution is 0.192. The van der Waals surface area contributed by atoms with E-state index in [0.717, 1.165) is 31.1 Å². The Hall–Kier alpha value is -0.940. The summed E-state index contributed by atoms with van der Waals surface area (Å²) in [4.78, 5) is 7.14. The van der Waals surface area contributed by atoms with E-state index in [2.05, 4.69) is 34.2 Å². The predicted octanol–water partition coefficient (Wildman–Crippen LogP) is 1.91. The van der Waals surface area contributed by atoms with Gasteiger partial charge in [0.1, 0.15) is 0 Å². The molecule has 0 aromatic carbocycles. The lowest BCUT2D eigenvalue weighted by Crippen LogP contribution is -2.36. The number of likely N-dealkylation sites (tertiary alicyclic amines) is 1. The second-order valence-corrected chi connectivity index (χ2v) is 6.03. The monoisotopic (exact) mass is 264 g/mol. The van der Waals surface area contributed by atoms with Gasteiger partial charge in [-0.15, -0.1) is 0 Å². The minimum Gasteiger partial charge on any atom is -0.339 e. The van der Waals surface area contributed by atoms with Crippen LogP contribution in [0, 0.1) is 0 Å². The molecule has 0 bridgehead atoms. The molecule has 0 radical (unpaired) electrons. The highest BCUT2D eigenvalue weighted by atomic mass is 16.5. The maximum Gasteiger partial charge on any atom is 0.228 e. The quantitative estimate of drug-likeness (QED) is 0.900. The van der Waals surface area contributed by atoms with E-state index in [9.17, 15) is 0 Å². The molecule has 1 N–H and O–H groups in total. The van der Waals surface area contributed by atoms with Gasteiger partial charge in [-0.3, -0.25) is 4.90 Å². The molecule has 2 unspecified atom stereocenters. The van der Waals surface area contributed by atoms with Gasteiger partial charge in [-0.1, -0.05) is 5.16 Å². The molecule has 2 fully saturated rings. The van der Waals surface area contributed by atoms with Gasteiger partial charge in [0.2, 0.25) is 5.89 Å². The average Bonchev–Trinajstić information content (AvgIpc) is 3.09. The van der Waals surface area contributed by atoms with Gasteiger partial charge in [0.25, 0.3) is 0 Å². The third-order valence-corrected chi connectivity index (χ3v) is 4.35. The van der Waals surface area contributed by atoms with Crippen LogP contribution in [0.15, 0.2) is 4.52 Å². The van der Waals surface area contributed by atoms with Crippen LogP contribution in [-0.2, 0) is 6.42 Å².